The predicted octanol–water partition coefficient (Wildman–Crippen LogP) is 4.71. The molecule has 0 saturated carbocycles. The molecule has 0 aliphatic rings. The number of para-hydroxylation sites is 1. The molecule has 4 rings (SSSR count). The van der Waals surface area contributed by atoms with Gasteiger partial charge in [0, 0.05) is 43.1 Å². The van der Waals surface area contributed by atoms with Gasteiger partial charge in [0.1, 0.15) is 0 Å². The van der Waals surface area contributed by atoms with Crippen LogP contribution in [0.1, 0.15) is 22.4 Å². The van der Waals surface area contributed by atoms with E-state index in [-0.39, 0.29) is 5.91 Å². The van der Waals surface area contributed by atoms with E-state index < -0.39 is 0 Å². The van der Waals surface area contributed by atoms with Crippen LogP contribution in [0.15, 0.2) is 73.3 Å². The van der Waals surface area contributed by atoms with E-state index in [1.165, 1.54) is 0 Å². The molecule has 0 atom stereocenters. The summed E-state index contributed by atoms with van der Waals surface area (Å²) in [4.78, 5) is 23.0. The van der Waals surface area contributed by atoms with Gasteiger partial charge in [-0.1, -0.05) is 24.3 Å². The number of pyridine rings is 1. The Bertz CT molecular complexity index is 1230. The van der Waals surface area contributed by atoms with Gasteiger partial charge >= 0.3 is 0 Å². The van der Waals surface area contributed by atoms with Crippen LogP contribution in [-0.4, -0.2) is 32.4 Å². The van der Waals surface area contributed by atoms with E-state index >= 15 is 0 Å². The summed E-state index contributed by atoms with van der Waals surface area (Å²) in [6.07, 6.45) is 9.09. The van der Waals surface area contributed by atoms with Crippen LogP contribution in [0, 0.1) is 13.8 Å². The summed E-state index contributed by atoms with van der Waals surface area (Å²) >= 11 is 0. The maximum absolute atomic E-state index is 12.6. The summed E-state index contributed by atoms with van der Waals surface area (Å²) in [5.41, 5.74) is 6.20. The van der Waals surface area contributed by atoms with Crippen molar-refractivity contribution in [3.8, 4) is 5.69 Å². The Balaban J connectivity index is 1.47. The maximum Gasteiger partial charge on any atom is 0.246 e. The van der Waals surface area contributed by atoms with E-state index in [2.05, 4.69) is 23.0 Å². The second-order valence-corrected chi connectivity index (χ2v) is 7.48. The second-order valence-electron chi connectivity index (χ2n) is 7.48. The quantitative estimate of drug-likeness (QED) is 0.459. The summed E-state index contributed by atoms with van der Waals surface area (Å²) in [6, 6.07) is 16.1. The van der Waals surface area contributed by atoms with Gasteiger partial charge < -0.3 is 9.47 Å². The number of fused-ring (bicyclic) bond motifs is 1. The highest BCUT2D eigenvalue weighted by Gasteiger charge is 2.09. The Morgan fingerprint density at radius 1 is 1.10 bits per heavy atom. The van der Waals surface area contributed by atoms with Crippen LogP contribution in [0.25, 0.3) is 22.7 Å². The van der Waals surface area contributed by atoms with Crippen molar-refractivity contribution in [2.45, 2.75) is 20.4 Å². The van der Waals surface area contributed by atoms with Gasteiger partial charge in [-0.3, -0.25) is 9.78 Å². The molecule has 0 saturated heterocycles. The van der Waals surface area contributed by atoms with Gasteiger partial charge in [0.2, 0.25) is 5.91 Å². The Labute approximate surface area is 176 Å². The van der Waals surface area contributed by atoms with Crippen molar-refractivity contribution >= 4 is 22.9 Å². The molecule has 5 nitrogen and oxygen atoms in total. The van der Waals surface area contributed by atoms with Crippen LogP contribution < -0.4 is 0 Å². The molecule has 1 amide bonds. The van der Waals surface area contributed by atoms with E-state index in [1.807, 2.05) is 79.6 Å². The lowest BCUT2D eigenvalue weighted by Crippen LogP contribution is -2.24. The Morgan fingerprint density at radius 3 is 2.70 bits per heavy atom. The molecule has 4 aromatic rings. The number of rotatable bonds is 5. The van der Waals surface area contributed by atoms with Crippen LogP contribution in [0.3, 0.4) is 0 Å². The normalized spacial score (nSPS) is 11.3. The third-order valence-corrected chi connectivity index (χ3v) is 5.15. The zero-order valence-electron chi connectivity index (χ0n) is 17.4. The van der Waals surface area contributed by atoms with Crippen LogP contribution in [0.2, 0.25) is 0 Å². The van der Waals surface area contributed by atoms with Crippen molar-refractivity contribution < 1.29 is 4.79 Å². The molecule has 0 spiro atoms. The molecular formula is C25H24N4O. The molecule has 150 valence electrons. The molecule has 2 aromatic heterocycles. The van der Waals surface area contributed by atoms with Crippen molar-refractivity contribution in [1.82, 2.24) is 19.4 Å². The number of nitrogens with zero attached hydrogens (tertiary/aromatic N) is 4. The predicted molar refractivity (Wildman–Crippen MR) is 120 cm³/mol. The molecule has 0 aliphatic heterocycles. The largest absolute Gasteiger partial charge is 0.338 e. The Morgan fingerprint density at radius 2 is 1.93 bits per heavy atom. The second kappa shape index (κ2) is 8.33. The molecule has 0 unspecified atom stereocenters. The fourth-order valence-corrected chi connectivity index (χ4v) is 3.55. The van der Waals surface area contributed by atoms with Gasteiger partial charge in [0.25, 0.3) is 0 Å². The van der Waals surface area contributed by atoms with E-state index in [0.29, 0.717) is 6.54 Å². The first-order valence-corrected chi connectivity index (χ1v) is 9.89. The monoisotopic (exact) mass is 396 g/mol. The average molecular weight is 396 g/mol. The average Bonchev–Trinajstić information content (AvgIpc) is 3.18. The van der Waals surface area contributed by atoms with E-state index in [4.69, 9.17) is 0 Å². The third-order valence-electron chi connectivity index (χ3n) is 5.15. The first-order valence-electron chi connectivity index (χ1n) is 9.89. The molecule has 30 heavy (non-hydrogen) atoms. The molecule has 0 bridgehead atoms. The summed E-state index contributed by atoms with van der Waals surface area (Å²) in [5.74, 6) is -0.0390. The summed E-state index contributed by atoms with van der Waals surface area (Å²) in [5, 5.41) is 1.07. The lowest BCUT2D eigenvalue weighted by atomic mass is 10.1. The minimum atomic E-state index is -0.0390. The fourth-order valence-electron chi connectivity index (χ4n) is 3.55. The summed E-state index contributed by atoms with van der Waals surface area (Å²) in [7, 11) is 1.82. The van der Waals surface area contributed by atoms with Gasteiger partial charge in [-0.15, -0.1) is 0 Å². The molecule has 0 aliphatic carbocycles. The van der Waals surface area contributed by atoms with E-state index in [0.717, 1.165) is 39.0 Å². The van der Waals surface area contributed by atoms with Gasteiger partial charge in [0.15, 0.2) is 0 Å². The SMILES string of the molecule is Cc1cn(-c2ccc(/C=C/C(=O)N(C)Cc3ccnc4ccccc34)cc2C)cn1. The topological polar surface area (TPSA) is 51.0 Å². The lowest BCUT2D eigenvalue weighted by molar-refractivity contribution is -0.125. The molecular weight excluding hydrogens is 372 g/mol. The first-order chi connectivity index (χ1) is 14.5. The van der Waals surface area contributed by atoms with Crippen LogP contribution in [-0.2, 0) is 11.3 Å². The standard InChI is InChI=1S/C25H24N4O/c1-18-14-20(8-10-24(18)29-15-19(2)27-17-29)9-11-25(30)28(3)16-21-12-13-26-23-7-5-4-6-22(21)23/h4-15,17H,16H2,1-3H3/b11-9+. The molecule has 0 radical (unpaired) electrons. The summed E-state index contributed by atoms with van der Waals surface area (Å²) < 4.78 is 2.01. The smallest absolute Gasteiger partial charge is 0.246 e. The minimum Gasteiger partial charge on any atom is -0.338 e. The minimum absolute atomic E-state index is 0.0390. The van der Waals surface area contributed by atoms with Crippen LogP contribution >= 0.6 is 0 Å². The van der Waals surface area contributed by atoms with Gasteiger partial charge in [-0.25, -0.2) is 4.98 Å². The van der Waals surface area contributed by atoms with Crippen molar-refractivity contribution in [2.24, 2.45) is 0 Å². The first kappa shape index (κ1) is 19.6. The molecule has 2 aromatic carbocycles. The Hall–Kier alpha value is -3.73. The van der Waals surface area contributed by atoms with Crippen molar-refractivity contribution in [3.05, 3.63) is 95.7 Å². The number of aryl methyl sites for hydroxylation is 2. The maximum atomic E-state index is 12.6. The molecule has 2 heterocycles. The third kappa shape index (κ3) is 4.15. The van der Waals surface area contributed by atoms with Gasteiger partial charge in [0.05, 0.1) is 17.5 Å². The van der Waals surface area contributed by atoms with E-state index in [9.17, 15) is 4.79 Å². The molecule has 5 heteroatoms. The van der Waals surface area contributed by atoms with Crippen molar-refractivity contribution in [2.75, 3.05) is 7.05 Å². The van der Waals surface area contributed by atoms with Crippen LogP contribution in [0.5, 0.6) is 0 Å². The number of carbonyl (C=O) groups excluding carboxylic acids is 1. The number of carbonyl (C=O) groups is 1. The fraction of sp³-hybridized carbons (Fsp3) is 0.160. The highest BCUT2D eigenvalue weighted by molar-refractivity contribution is 5.92. The number of aromatic nitrogens is 3. The number of amides is 1. The van der Waals surface area contributed by atoms with E-state index in [1.54, 1.807) is 17.2 Å². The van der Waals surface area contributed by atoms with Crippen LogP contribution in [0.4, 0.5) is 0 Å². The lowest BCUT2D eigenvalue weighted by Gasteiger charge is -2.16. The summed E-state index contributed by atoms with van der Waals surface area (Å²) in [6.45, 7) is 4.56. The molecule has 0 fully saturated rings. The zero-order valence-corrected chi connectivity index (χ0v) is 17.4. The number of benzene rings is 2. The number of hydrogen-bond donors (Lipinski definition) is 0. The highest BCUT2D eigenvalue weighted by atomic mass is 16.2. The number of hydrogen-bond acceptors (Lipinski definition) is 3. The van der Waals surface area contributed by atoms with Gasteiger partial charge in [-0.05, 0) is 60.9 Å². The zero-order chi connectivity index (χ0) is 21.1. The van der Waals surface area contributed by atoms with Crippen molar-refractivity contribution in [3.63, 3.8) is 0 Å². The highest BCUT2D eigenvalue weighted by Crippen LogP contribution is 2.19. The number of likely N-dealkylation sites (N-methyl/N-ethyl adjacent to an activating group) is 1. The Kier molecular flexibility index (Phi) is 5.44. The van der Waals surface area contributed by atoms with Crippen molar-refractivity contribution in [1.29, 1.82) is 0 Å². The molecule has 0 N–H and O–H groups in total. The number of imidazole rings is 1. The van der Waals surface area contributed by atoms with Gasteiger partial charge in [-0.2, -0.15) is 0 Å².